The summed E-state index contributed by atoms with van der Waals surface area (Å²) >= 11 is 0. The summed E-state index contributed by atoms with van der Waals surface area (Å²) in [4.78, 5) is 2.52. The lowest BCUT2D eigenvalue weighted by molar-refractivity contribution is 0.206. The first-order valence-corrected chi connectivity index (χ1v) is 6.25. The van der Waals surface area contributed by atoms with Gasteiger partial charge in [-0.2, -0.15) is 4.90 Å². The molecule has 87 valence electrons. The van der Waals surface area contributed by atoms with Crippen LogP contribution < -0.4 is 4.90 Å². The molecular formula is C14H21NO+. The zero-order valence-electron chi connectivity index (χ0n) is 9.81. The first-order valence-electron chi connectivity index (χ1n) is 6.25. The van der Waals surface area contributed by atoms with Crippen LogP contribution in [-0.4, -0.2) is 24.8 Å². The SMILES string of the molecule is OCCC1CC[N+](Cc2ccccc2)CC1. The monoisotopic (exact) mass is 219 g/mol. The van der Waals surface area contributed by atoms with Crippen LogP contribution in [0.15, 0.2) is 30.3 Å². The molecule has 1 aliphatic heterocycles. The van der Waals surface area contributed by atoms with Gasteiger partial charge in [-0.1, -0.05) is 30.3 Å². The van der Waals surface area contributed by atoms with E-state index in [-0.39, 0.29) is 0 Å². The van der Waals surface area contributed by atoms with Crippen molar-refractivity contribution in [2.75, 3.05) is 19.7 Å². The van der Waals surface area contributed by atoms with E-state index < -0.39 is 0 Å². The van der Waals surface area contributed by atoms with E-state index in [2.05, 4.69) is 35.2 Å². The number of hydrogen-bond donors (Lipinski definition) is 1. The predicted molar refractivity (Wildman–Crippen MR) is 66.4 cm³/mol. The van der Waals surface area contributed by atoms with Gasteiger partial charge in [0.2, 0.25) is 0 Å². The molecule has 2 nitrogen and oxygen atoms in total. The summed E-state index contributed by atoms with van der Waals surface area (Å²) in [6, 6.07) is 10.7. The average molecular weight is 219 g/mol. The van der Waals surface area contributed by atoms with Gasteiger partial charge in [0, 0.05) is 25.0 Å². The maximum Gasteiger partial charge on any atom is 0.148 e. The molecular weight excluding hydrogens is 198 g/mol. The number of benzene rings is 1. The number of piperidine rings is 1. The summed E-state index contributed by atoms with van der Waals surface area (Å²) in [7, 11) is 0. The molecule has 1 N–H and O–H groups in total. The molecule has 2 heteroatoms. The minimum Gasteiger partial charge on any atom is -0.396 e. The third-order valence-corrected chi connectivity index (χ3v) is 3.49. The summed E-state index contributed by atoms with van der Waals surface area (Å²) in [5.41, 5.74) is 1.41. The largest absolute Gasteiger partial charge is 0.396 e. The highest BCUT2D eigenvalue weighted by atomic mass is 16.3. The van der Waals surface area contributed by atoms with Crippen molar-refractivity contribution in [3.63, 3.8) is 0 Å². The summed E-state index contributed by atoms with van der Waals surface area (Å²) in [5, 5.41) is 8.91. The van der Waals surface area contributed by atoms with Crippen molar-refractivity contribution in [2.45, 2.75) is 25.8 Å². The first kappa shape index (κ1) is 11.6. The van der Waals surface area contributed by atoms with Crippen LogP contribution in [0.5, 0.6) is 0 Å². The molecule has 16 heavy (non-hydrogen) atoms. The van der Waals surface area contributed by atoms with Crippen molar-refractivity contribution in [1.29, 1.82) is 0 Å². The molecule has 1 aliphatic rings. The molecule has 1 aromatic carbocycles. The van der Waals surface area contributed by atoms with Crippen LogP contribution in [0.25, 0.3) is 0 Å². The third-order valence-electron chi connectivity index (χ3n) is 3.49. The van der Waals surface area contributed by atoms with Gasteiger partial charge in [-0.05, 0) is 12.3 Å². The van der Waals surface area contributed by atoms with Crippen molar-refractivity contribution >= 4 is 0 Å². The summed E-state index contributed by atoms with van der Waals surface area (Å²) < 4.78 is 0. The maximum absolute atomic E-state index is 8.91. The Morgan fingerprint density at radius 1 is 1.12 bits per heavy atom. The van der Waals surface area contributed by atoms with Crippen LogP contribution in [0.1, 0.15) is 24.8 Å². The zero-order valence-corrected chi connectivity index (χ0v) is 9.81. The van der Waals surface area contributed by atoms with Crippen molar-refractivity contribution in [1.82, 2.24) is 4.90 Å². The zero-order chi connectivity index (χ0) is 11.2. The van der Waals surface area contributed by atoms with E-state index in [1.54, 1.807) is 0 Å². The van der Waals surface area contributed by atoms with Crippen LogP contribution in [0, 0.1) is 5.92 Å². The molecule has 0 aliphatic carbocycles. The Labute approximate surface area is 97.9 Å². The molecule has 1 heterocycles. The molecule has 1 aromatic rings. The van der Waals surface area contributed by atoms with Crippen LogP contribution in [0.3, 0.4) is 0 Å². The topological polar surface area (TPSA) is 26.1 Å². The Kier molecular flexibility index (Phi) is 4.37. The van der Waals surface area contributed by atoms with Crippen LogP contribution in [0.2, 0.25) is 0 Å². The number of nitrogens with zero attached hydrogens (tertiary/aromatic N) is 1. The molecule has 1 fully saturated rings. The number of rotatable bonds is 4. The van der Waals surface area contributed by atoms with Gasteiger partial charge >= 0.3 is 0 Å². The molecule has 0 spiro atoms. The number of aliphatic hydroxyl groups excluding tert-OH is 1. The molecule has 1 saturated heterocycles. The van der Waals surface area contributed by atoms with E-state index in [1.165, 1.54) is 31.5 Å². The number of likely N-dealkylation sites (tertiary alicyclic amines) is 1. The predicted octanol–water partition coefficient (Wildman–Crippen LogP) is 2.12. The minimum atomic E-state index is 0.351. The van der Waals surface area contributed by atoms with E-state index in [0.717, 1.165) is 18.9 Å². The Balaban J connectivity index is 1.77. The molecule has 1 radical (unpaired) electrons. The molecule has 0 atom stereocenters. The molecule has 0 bridgehead atoms. The average Bonchev–Trinajstić information content (AvgIpc) is 2.33. The lowest BCUT2D eigenvalue weighted by Crippen LogP contribution is -2.38. The molecule has 0 saturated carbocycles. The van der Waals surface area contributed by atoms with Gasteiger partial charge in [0.25, 0.3) is 0 Å². The van der Waals surface area contributed by atoms with Crippen LogP contribution >= 0.6 is 0 Å². The van der Waals surface area contributed by atoms with E-state index in [4.69, 9.17) is 5.11 Å². The maximum atomic E-state index is 8.91. The standard InChI is InChI=1S/C14H21NO/c16-11-8-13-6-9-15(10-7-13)12-14-4-2-1-3-5-14/h1-5,13,16H,6-12H2/q+1. The Morgan fingerprint density at radius 3 is 2.44 bits per heavy atom. The second kappa shape index (κ2) is 6.02. The van der Waals surface area contributed by atoms with Gasteiger partial charge in [-0.25, -0.2) is 0 Å². The van der Waals surface area contributed by atoms with E-state index in [9.17, 15) is 0 Å². The van der Waals surface area contributed by atoms with Crippen molar-refractivity contribution in [2.24, 2.45) is 5.92 Å². The highest BCUT2D eigenvalue weighted by Crippen LogP contribution is 2.19. The van der Waals surface area contributed by atoms with Crippen molar-refractivity contribution < 1.29 is 5.11 Å². The fraction of sp³-hybridized carbons (Fsp3) is 0.571. The highest BCUT2D eigenvalue weighted by Gasteiger charge is 2.25. The van der Waals surface area contributed by atoms with Gasteiger partial charge in [0.15, 0.2) is 0 Å². The second-order valence-electron chi connectivity index (χ2n) is 4.72. The Bertz CT molecular complexity index is 291. The van der Waals surface area contributed by atoms with Gasteiger partial charge in [0.1, 0.15) is 19.6 Å². The smallest absolute Gasteiger partial charge is 0.148 e. The van der Waals surface area contributed by atoms with Crippen molar-refractivity contribution in [3.8, 4) is 0 Å². The van der Waals surface area contributed by atoms with Gasteiger partial charge in [-0.3, -0.25) is 0 Å². The highest BCUT2D eigenvalue weighted by molar-refractivity contribution is 5.14. The van der Waals surface area contributed by atoms with Gasteiger partial charge in [-0.15, -0.1) is 0 Å². The Morgan fingerprint density at radius 2 is 1.81 bits per heavy atom. The number of hydrogen-bond acceptors (Lipinski definition) is 2. The second-order valence-corrected chi connectivity index (χ2v) is 4.72. The van der Waals surface area contributed by atoms with Crippen LogP contribution in [0.4, 0.5) is 0 Å². The van der Waals surface area contributed by atoms with E-state index >= 15 is 0 Å². The fourth-order valence-electron chi connectivity index (χ4n) is 2.46. The van der Waals surface area contributed by atoms with E-state index in [0.29, 0.717) is 6.61 Å². The van der Waals surface area contributed by atoms with Crippen molar-refractivity contribution in [3.05, 3.63) is 35.9 Å². The minimum absolute atomic E-state index is 0.351. The fourth-order valence-corrected chi connectivity index (χ4v) is 2.46. The summed E-state index contributed by atoms with van der Waals surface area (Å²) in [6.07, 6.45) is 3.47. The first-order chi connectivity index (χ1) is 7.88. The van der Waals surface area contributed by atoms with Crippen LogP contribution in [-0.2, 0) is 6.54 Å². The van der Waals surface area contributed by atoms with E-state index in [1.807, 2.05) is 0 Å². The normalized spacial score (nSPS) is 18.8. The lowest BCUT2D eigenvalue weighted by atomic mass is 9.94. The molecule has 2 rings (SSSR count). The summed E-state index contributed by atoms with van der Waals surface area (Å²) in [6.45, 7) is 3.79. The third kappa shape index (κ3) is 3.32. The number of aliphatic hydroxyl groups is 1. The molecule has 0 amide bonds. The Hall–Kier alpha value is -0.860. The molecule has 0 aromatic heterocycles. The molecule has 0 unspecified atom stereocenters. The van der Waals surface area contributed by atoms with Gasteiger partial charge < -0.3 is 5.11 Å². The van der Waals surface area contributed by atoms with Gasteiger partial charge in [0.05, 0.1) is 0 Å². The quantitative estimate of drug-likeness (QED) is 0.771. The summed E-state index contributed by atoms with van der Waals surface area (Å²) in [5.74, 6) is 0.747. The lowest BCUT2D eigenvalue weighted by Gasteiger charge is -2.23.